The van der Waals surface area contributed by atoms with E-state index in [1.54, 1.807) is 12.4 Å². The normalized spacial score (nSPS) is 10.5. The fourth-order valence-corrected chi connectivity index (χ4v) is 4.76. The minimum absolute atomic E-state index is 0.0790. The highest BCUT2D eigenvalue weighted by molar-refractivity contribution is 7.98. The molecule has 3 heterocycles. The van der Waals surface area contributed by atoms with E-state index in [2.05, 4.69) is 26.2 Å². The Morgan fingerprint density at radius 1 is 1.10 bits per heavy atom. The number of H-pyrrole nitrogens is 1. The molecule has 0 atom stereocenters. The van der Waals surface area contributed by atoms with Crippen LogP contribution in [0.2, 0.25) is 5.02 Å². The van der Waals surface area contributed by atoms with Crippen LogP contribution in [0.3, 0.4) is 0 Å². The number of nitrogens with one attached hydrogen (secondary N) is 1. The van der Waals surface area contributed by atoms with Crippen molar-refractivity contribution in [3.63, 3.8) is 0 Å². The van der Waals surface area contributed by atoms with Crippen molar-refractivity contribution in [1.29, 1.82) is 10.5 Å². The molecule has 0 aliphatic carbocycles. The predicted octanol–water partition coefficient (Wildman–Crippen LogP) is 4.87. The van der Waals surface area contributed by atoms with E-state index in [1.807, 2.05) is 35.7 Å². The van der Waals surface area contributed by atoms with Gasteiger partial charge in [-0.2, -0.15) is 15.6 Å². The molecule has 30 heavy (non-hydrogen) atoms. The molecule has 0 radical (unpaired) electrons. The average Bonchev–Trinajstić information content (AvgIpc) is 3.44. The van der Waals surface area contributed by atoms with Crippen LogP contribution in [0.15, 0.2) is 47.1 Å². The fourth-order valence-electron chi connectivity index (χ4n) is 2.82. The molecule has 3 N–H and O–H groups in total. The summed E-state index contributed by atoms with van der Waals surface area (Å²) in [5, 5.41) is 29.9. The van der Waals surface area contributed by atoms with Crippen molar-refractivity contribution in [2.75, 3.05) is 5.73 Å². The fraction of sp³-hybridized carbons (Fsp3) is 0.0500. The van der Waals surface area contributed by atoms with Gasteiger partial charge in [-0.15, -0.1) is 11.3 Å². The summed E-state index contributed by atoms with van der Waals surface area (Å²) in [4.78, 5) is 8.96. The highest BCUT2D eigenvalue weighted by atomic mass is 35.5. The lowest BCUT2D eigenvalue weighted by Gasteiger charge is -2.11. The van der Waals surface area contributed by atoms with E-state index >= 15 is 0 Å². The minimum atomic E-state index is 0.0790. The lowest BCUT2D eigenvalue weighted by molar-refractivity contribution is 1.09. The molecule has 0 unspecified atom stereocenters. The van der Waals surface area contributed by atoms with E-state index in [1.165, 1.54) is 23.1 Å². The van der Waals surface area contributed by atoms with Gasteiger partial charge in [0.25, 0.3) is 0 Å². The third-order valence-corrected chi connectivity index (χ3v) is 6.40. The summed E-state index contributed by atoms with van der Waals surface area (Å²) in [6.45, 7) is 0. The summed E-state index contributed by atoms with van der Waals surface area (Å²) in [6, 6.07) is 11.7. The molecular weight excluding hydrogens is 438 g/mol. The first-order valence-electron chi connectivity index (χ1n) is 8.56. The number of nitrogens with zero attached hydrogens (tertiary/aromatic N) is 5. The molecule has 0 spiro atoms. The Labute approximate surface area is 185 Å². The first kappa shape index (κ1) is 19.9. The van der Waals surface area contributed by atoms with Gasteiger partial charge < -0.3 is 5.73 Å². The van der Waals surface area contributed by atoms with E-state index in [-0.39, 0.29) is 11.4 Å². The zero-order chi connectivity index (χ0) is 21.1. The number of rotatable bonds is 5. The summed E-state index contributed by atoms with van der Waals surface area (Å²) in [7, 11) is 0. The number of thioether (sulfide) groups is 1. The number of pyridine rings is 1. The Balaban J connectivity index is 1.64. The van der Waals surface area contributed by atoms with Gasteiger partial charge in [-0.25, -0.2) is 9.97 Å². The average molecular weight is 450 g/mol. The predicted molar refractivity (Wildman–Crippen MR) is 118 cm³/mol. The zero-order valence-corrected chi connectivity index (χ0v) is 17.6. The number of hydrogen-bond acceptors (Lipinski definition) is 8. The maximum Gasteiger partial charge on any atom is 0.143 e. The number of nitrogens with two attached hydrogens (primary N) is 1. The zero-order valence-electron chi connectivity index (χ0n) is 15.3. The van der Waals surface area contributed by atoms with Crippen LogP contribution in [0.5, 0.6) is 0 Å². The molecule has 0 saturated carbocycles. The van der Waals surface area contributed by atoms with Crippen molar-refractivity contribution in [2.24, 2.45) is 0 Å². The lowest BCUT2D eigenvalue weighted by atomic mass is 10.00. The SMILES string of the molecule is N#Cc1c(N)nc(SCc2csc(-c3ccc(Cl)cc3)n2)c(C#N)c1-c1cn[nH]c1. The van der Waals surface area contributed by atoms with Gasteiger partial charge >= 0.3 is 0 Å². The molecule has 0 saturated heterocycles. The van der Waals surface area contributed by atoms with Crippen LogP contribution in [-0.2, 0) is 5.75 Å². The van der Waals surface area contributed by atoms with Gasteiger partial charge in [0.05, 0.1) is 17.5 Å². The number of nitriles is 2. The minimum Gasteiger partial charge on any atom is -0.383 e. The number of thiazole rings is 1. The molecule has 0 fully saturated rings. The van der Waals surface area contributed by atoms with Crippen molar-refractivity contribution in [1.82, 2.24) is 20.2 Å². The Kier molecular flexibility index (Phi) is 5.68. The van der Waals surface area contributed by atoms with Crippen LogP contribution in [0.4, 0.5) is 5.82 Å². The third kappa shape index (κ3) is 3.87. The molecule has 1 aromatic carbocycles. The van der Waals surface area contributed by atoms with E-state index in [0.717, 1.165) is 16.3 Å². The molecule has 0 aliphatic heterocycles. The monoisotopic (exact) mass is 449 g/mol. The van der Waals surface area contributed by atoms with E-state index in [9.17, 15) is 10.5 Å². The van der Waals surface area contributed by atoms with Gasteiger partial charge in [0.2, 0.25) is 0 Å². The molecule has 0 aliphatic rings. The first-order chi connectivity index (χ1) is 14.6. The van der Waals surface area contributed by atoms with Crippen molar-refractivity contribution < 1.29 is 0 Å². The Morgan fingerprint density at radius 2 is 1.87 bits per heavy atom. The second kappa shape index (κ2) is 8.56. The van der Waals surface area contributed by atoms with Crippen LogP contribution in [-0.4, -0.2) is 20.2 Å². The quantitative estimate of drug-likeness (QED) is 0.416. The summed E-state index contributed by atoms with van der Waals surface area (Å²) in [5.74, 6) is 0.581. The van der Waals surface area contributed by atoms with Crippen molar-refractivity contribution in [3.05, 3.63) is 63.9 Å². The maximum atomic E-state index is 9.77. The third-order valence-electron chi connectivity index (χ3n) is 4.20. The van der Waals surface area contributed by atoms with Gasteiger partial charge in [0.15, 0.2) is 0 Å². The number of benzene rings is 1. The Morgan fingerprint density at radius 3 is 2.53 bits per heavy atom. The molecule has 0 amide bonds. The standard InChI is InChI=1S/C20H12ClN7S2/c21-13-3-1-11(2-4-13)19-27-14(9-29-19)10-30-20-16(6-23)17(12-7-25-26-8-12)15(5-22)18(24)28-20/h1-4,7-9H,10H2,(H2,24,28)(H,25,26). The topological polar surface area (TPSA) is 128 Å². The van der Waals surface area contributed by atoms with Crippen LogP contribution >= 0.6 is 34.7 Å². The molecule has 7 nitrogen and oxygen atoms in total. The second-order valence-electron chi connectivity index (χ2n) is 6.08. The van der Waals surface area contributed by atoms with Crippen LogP contribution in [0.1, 0.15) is 16.8 Å². The molecule has 4 rings (SSSR count). The van der Waals surface area contributed by atoms with Crippen molar-refractivity contribution in [3.8, 4) is 33.8 Å². The Bertz CT molecular complexity index is 1280. The van der Waals surface area contributed by atoms with Crippen LogP contribution < -0.4 is 5.73 Å². The highest BCUT2D eigenvalue weighted by Crippen LogP contribution is 2.36. The molecule has 146 valence electrons. The summed E-state index contributed by atoms with van der Waals surface area (Å²) in [5.41, 5.74) is 9.35. The molecule has 4 aromatic rings. The number of aromatic nitrogens is 4. The molecule has 0 bridgehead atoms. The van der Waals surface area contributed by atoms with Gasteiger partial charge in [0.1, 0.15) is 33.6 Å². The van der Waals surface area contributed by atoms with Crippen LogP contribution in [0.25, 0.3) is 21.7 Å². The summed E-state index contributed by atoms with van der Waals surface area (Å²) < 4.78 is 0. The van der Waals surface area contributed by atoms with Gasteiger partial charge in [0, 0.05) is 39.0 Å². The number of nitrogen functional groups attached to an aromatic ring is 1. The summed E-state index contributed by atoms with van der Waals surface area (Å²) >= 11 is 8.83. The number of anilines is 1. The van der Waals surface area contributed by atoms with Gasteiger partial charge in [-0.3, -0.25) is 5.10 Å². The smallest absolute Gasteiger partial charge is 0.143 e. The highest BCUT2D eigenvalue weighted by Gasteiger charge is 2.21. The lowest BCUT2D eigenvalue weighted by Crippen LogP contribution is -2.03. The van der Waals surface area contributed by atoms with E-state index in [4.69, 9.17) is 17.3 Å². The van der Waals surface area contributed by atoms with Gasteiger partial charge in [-0.1, -0.05) is 35.5 Å². The first-order valence-corrected chi connectivity index (χ1v) is 10.8. The molecular formula is C20H12ClN7S2. The maximum absolute atomic E-state index is 9.77. The molecule has 3 aromatic heterocycles. The van der Waals surface area contributed by atoms with Crippen LogP contribution in [0, 0.1) is 22.7 Å². The van der Waals surface area contributed by atoms with Crippen molar-refractivity contribution in [2.45, 2.75) is 10.8 Å². The van der Waals surface area contributed by atoms with E-state index < -0.39 is 0 Å². The van der Waals surface area contributed by atoms with E-state index in [0.29, 0.717) is 32.5 Å². The number of aromatic amines is 1. The largest absolute Gasteiger partial charge is 0.383 e. The molecule has 10 heteroatoms. The Hall–Kier alpha value is -3.37. The number of hydrogen-bond donors (Lipinski definition) is 2. The van der Waals surface area contributed by atoms with Gasteiger partial charge in [-0.05, 0) is 12.1 Å². The number of halogens is 1. The van der Waals surface area contributed by atoms with Crippen molar-refractivity contribution >= 4 is 40.5 Å². The summed E-state index contributed by atoms with van der Waals surface area (Å²) in [6.07, 6.45) is 3.16. The second-order valence-corrected chi connectivity index (χ2v) is 8.34.